The van der Waals surface area contributed by atoms with Crippen molar-refractivity contribution in [1.82, 2.24) is 10.3 Å². The molecule has 24 heavy (non-hydrogen) atoms. The SMILES string of the molecule is CC(CO)NC1C[C@H](C)CN(c2ccc(C#N)c3ncccc23)C1. The van der Waals surface area contributed by atoms with Crippen LogP contribution in [0.5, 0.6) is 0 Å². The number of aliphatic hydroxyl groups excluding tert-OH is 1. The Kier molecular flexibility index (Phi) is 4.98. The van der Waals surface area contributed by atoms with Gasteiger partial charge < -0.3 is 15.3 Å². The van der Waals surface area contributed by atoms with Gasteiger partial charge in [-0.05, 0) is 43.5 Å². The highest BCUT2D eigenvalue weighted by Gasteiger charge is 2.26. The van der Waals surface area contributed by atoms with Gasteiger partial charge in [-0.25, -0.2) is 0 Å². The van der Waals surface area contributed by atoms with Crippen molar-refractivity contribution in [1.29, 1.82) is 5.26 Å². The Balaban J connectivity index is 1.93. The first kappa shape index (κ1) is 16.7. The molecule has 126 valence electrons. The van der Waals surface area contributed by atoms with Crippen LogP contribution in [-0.2, 0) is 0 Å². The summed E-state index contributed by atoms with van der Waals surface area (Å²) in [6.45, 7) is 6.29. The normalized spacial score (nSPS) is 22.3. The number of hydrogen-bond acceptors (Lipinski definition) is 5. The van der Waals surface area contributed by atoms with Crippen LogP contribution >= 0.6 is 0 Å². The topological polar surface area (TPSA) is 72.2 Å². The van der Waals surface area contributed by atoms with E-state index in [2.05, 4.69) is 28.2 Å². The van der Waals surface area contributed by atoms with Crippen LogP contribution in [0.2, 0.25) is 0 Å². The lowest BCUT2D eigenvalue weighted by Gasteiger charge is -2.39. The predicted molar refractivity (Wildman–Crippen MR) is 95.9 cm³/mol. The molecule has 3 rings (SSSR count). The van der Waals surface area contributed by atoms with E-state index in [1.807, 2.05) is 31.2 Å². The van der Waals surface area contributed by atoms with Crippen LogP contribution in [0, 0.1) is 17.2 Å². The van der Waals surface area contributed by atoms with E-state index in [0.29, 0.717) is 17.5 Å². The van der Waals surface area contributed by atoms with E-state index < -0.39 is 0 Å². The molecule has 5 heteroatoms. The lowest BCUT2D eigenvalue weighted by atomic mass is 9.94. The van der Waals surface area contributed by atoms with Gasteiger partial charge in [-0.2, -0.15) is 5.26 Å². The highest BCUT2D eigenvalue weighted by molar-refractivity contribution is 5.95. The van der Waals surface area contributed by atoms with Crippen molar-refractivity contribution in [2.75, 3.05) is 24.6 Å². The fourth-order valence-corrected chi connectivity index (χ4v) is 3.65. The lowest BCUT2D eigenvalue weighted by molar-refractivity contribution is 0.227. The van der Waals surface area contributed by atoms with Crippen LogP contribution in [0.4, 0.5) is 5.69 Å². The molecule has 0 bridgehead atoms. The maximum atomic E-state index is 9.31. The summed E-state index contributed by atoms with van der Waals surface area (Å²) in [5.41, 5.74) is 2.51. The number of aliphatic hydroxyl groups is 1. The van der Waals surface area contributed by atoms with Crippen LogP contribution in [0.15, 0.2) is 30.5 Å². The van der Waals surface area contributed by atoms with Gasteiger partial charge in [0.25, 0.3) is 0 Å². The lowest BCUT2D eigenvalue weighted by Crippen LogP contribution is -2.51. The summed E-state index contributed by atoms with van der Waals surface area (Å²) in [6, 6.07) is 10.5. The molecule has 1 aliphatic rings. The first-order valence-corrected chi connectivity index (χ1v) is 8.52. The number of anilines is 1. The fraction of sp³-hybridized carbons (Fsp3) is 0.474. The third-order valence-electron chi connectivity index (χ3n) is 4.66. The van der Waals surface area contributed by atoms with E-state index >= 15 is 0 Å². The Morgan fingerprint density at radius 1 is 1.42 bits per heavy atom. The van der Waals surface area contributed by atoms with Crippen LogP contribution in [0.25, 0.3) is 10.9 Å². The highest BCUT2D eigenvalue weighted by Crippen LogP contribution is 2.31. The minimum Gasteiger partial charge on any atom is -0.395 e. The van der Waals surface area contributed by atoms with E-state index in [9.17, 15) is 10.4 Å². The van der Waals surface area contributed by atoms with Crippen molar-refractivity contribution in [2.45, 2.75) is 32.4 Å². The molecule has 1 aliphatic heterocycles. The van der Waals surface area contributed by atoms with Gasteiger partial charge in [0, 0.05) is 42.4 Å². The zero-order valence-corrected chi connectivity index (χ0v) is 14.2. The highest BCUT2D eigenvalue weighted by atomic mass is 16.3. The van der Waals surface area contributed by atoms with E-state index in [1.54, 1.807) is 6.20 Å². The van der Waals surface area contributed by atoms with E-state index in [1.165, 1.54) is 0 Å². The van der Waals surface area contributed by atoms with Crippen molar-refractivity contribution in [3.63, 3.8) is 0 Å². The maximum absolute atomic E-state index is 9.31. The molecule has 2 unspecified atom stereocenters. The fourth-order valence-electron chi connectivity index (χ4n) is 3.65. The van der Waals surface area contributed by atoms with Crippen molar-refractivity contribution in [3.05, 3.63) is 36.0 Å². The average Bonchev–Trinajstić information content (AvgIpc) is 2.60. The molecule has 1 aromatic heterocycles. The first-order valence-electron chi connectivity index (χ1n) is 8.52. The number of nitrogens with one attached hydrogen (secondary N) is 1. The largest absolute Gasteiger partial charge is 0.395 e. The van der Waals surface area contributed by atoms with E-state index in [4.69, 9.17) is 0 Å². The Bertz CT molecular complexity index is 755. The quantitative estimate of drug-likeness (QED) is 0.903. The smallest absolute Gasteiger partial charge is 0.101 e. The third-order valence-corrected chi connectivity index (χ3v) is 4.66. The van der Waals surface area contributed by atoms with Gasteiger partial charge >= 0.3 is 0 Å². The van der Waals surface area contributed by atoms with E-state index in [-0.39, 0.29) is 12.6 Å². The van der Waals surface area contributed by atoms with Crippen LogP contribution in [-0.4, -0.2) is 41.9 Å². The second kappa shape index (κ2) is 7.16. The third kappa shape index (κ3) is 3.35. The summed E-state index contributed by atoms with van der Waals surface area (Å²) >= 11 is 0. The number of nitrogens with zero attached hydrogens (tertiary/aromatic N) is 3. The molecule has 3 atom stereocenters. The molecule has 1 aromatic carbocycles. The first-order chi connectivity index (χ1) is 11.6. The number of nitriles is 1. The molecule has 1 saturated heterocycles. The van der Waals surface area contributed by atoms with Gasteiger partial charge in [0.05, 0.1) is 17.7 Å². The number of pyridine rings is 1. The molecule has 5 nitrogen and oxygen atoms in total. The molecule has 1 fully saturated rings. The number of fused-ring (bicyclic) bond motifs is 1. The number of aromatic nitrogens is 1. The molecule has 0 radical (unpaired) electrons. The molecule has 0 spiro atoms. The summed E-state index contributed by atoms with van der Waals surface area (Å²) in [6.07, 6.45) is 2.84. The summed E-state index contributed by atoms with van der Waals surface area (Å²) in [7, 11) is 0. The number of benzene rings is 1. The monoisotopic (exact) mass is 324 g/mol. The number of hydrogen-bond donors (Lipinski definition) is 2. The van der Waals surface area contributed by atoms with Gasteiger partial charge in [-0.1, -0.05) is 6.92 Å². The van der Waals surface area contributed by atoms with Gasteiger partial charge in [-0.3, -0.25) is 4.98 Å². The average molecular weight is 324 g/mol. The minimum atomic E-state index is 0.0986. The minimum absolute atomic E-state index is 0.0986. The van der Waals surface area contributed by atoms with E-state index in [0.717, 1.165) is 36.1 Å². The molecule has 2 N–H and O–H groups in total. The van der Waals surface area contributed by atoms with Gasteiger partial charge in [0.1, 0.15) is 6.07 Å². The number of piperidine rings is 1. The molecule has 0 amide bonds. The molecule has 0 saturated carbocycles. The van der Waals surface area contributed by atoms with Gasteiger partial charge in [-0.15, -0.1) is 0 Å². The maximum Gasteiger partial charge on any atom is 0.101 e. The Morgan fingerprint density at radius 2 is 2.25 bits per heavy atom. The second-order valence-corrected chi connectivity index (χ2v) is 6.84. The second-order valence-electron chi connectivity index (χ2n) is 6.84. The van der Waals surface area contributed by atoms with Crippen LogP contribution < -0.4 is 10.2 Å². The summed E-state index contributed by atoms with van der Waals surface area (Å²) in [4.78, 5) is 6.79. The molecule has 0 aliphatic carbocycles. The summed E-state index contributed by atoms with van der Waals surface area (Å²) in [5.74, 6) is 0.560. The van der Waals surface area contributed by atoms with Crippen molar-refractivity contribution >= 4 is 16.6 Å². The molecule has 2 heterocycles. The van der Waals surface area contributed by atoms with Crippen molar-refractivity contribution in [2.24, 2.45) is 5.92 Å². The Labute approximate surface area is 142 Å². The van der Waals surface area contributed by atoms with Crippen molar-refractivity contribution in [3.8, 4) is 6.07 Å². The van der Waals surface area contributed by atoms with Crippen LogP contribution in [0.3, 0.4) is 0 Å². The zero-order valence-electron chi connectivity index (χ0n) is 14.2. The molecule has 2 aromatic rings. The Hall–Kier alpha value is -2.16. The molecular formula is C19H24N4O. The number of rotatable bonds is 4. The van der Waals surface area contributed by atoms with Crippen LogP contribution in [0.1, 0.15) is 25.8 Å². The summed E-state index contributed by atoms with van der Waals surface area (Å²) in [5, 5.41) is 23.1. The predicted octanol–water partition coefficient (Wildman–Crippen LogP) is 2.29. The van der Waals surface area contributed by atoms with Crippen molar-refractivity contribution < 1.29 is 5.11 Å². The van der Waals surface area contributed by atoms with Gasteiger partial charge in [0.2, 0.25) is 0 Å². The molecular weight excluding hydrogens is 300 g/mol. The van der Waals surface area contributed by atoms with Gasteiger partial charge in [0.15, 0.2) is 0 Å². The Morgan fingerprint density at radius 3 is 3.00 bits per heavy atom. The summed E-state index contributed by atoms with van der Waals surface area (Å²) < 4.78 is 0. The zero-order chi connectivity index (χ0) is 17.1. The standard InChI is InChI=1S/C19H24N4O/c1-13-8-16(22-14(2)12-24)11-23(10-13)18-6-5-15(9-20)19-17(18)4-3-7-21-19/h3-7,13-14,16,22,24H,8,10-12H2,1-2H3/t13-,14?,16?/m0/s1.